The van der Waals surface area contributed by atoms with E-state index in [-0.39, 0.29) is 12.5 Å². The van der Waals surface area contributed by atoms with Crippen molar-refractivity contribution in [3.63, 3.8) is 0 Å². The molecule has 0 atom stereocenters. The highest BCUT2D eigenvalue weighted by Gasteiger charge is 2.20. The summed E-state index contributed by atoms with van der Waals surface area (Å²) >= 11 is 1.48. The molecule has 0 spiro atoms. The number of methoxy groups -OCH3 is 1. The lowest BCUT2D eigenvalue weighted by Crippen LogP contribution is -2.37. The topological polar surface area (TPSA) is 54.9 Å². The van der Waals surface area contributed by atoms with Gasteiger partial charge in [-0.3, -0.25) is 9.69 Å². The number of rotatable bonds is 12. The van der Waals surface area contributed by atoms with Crippen LogP contribution < -0.4 is 14.4 Å². The molecule has 2 aromatic carbocycles. The number of anilines is 1. The van der Waals surface area contributed by atoms with Gasteiger partial charge in [0, 0.05) is 17.5 Å². The summed E-state index contributed by atoms with van der Waals surface area (Å²) in [6, 6.07) is 15.5. The molecule has 1 amide bonds. The number of amides is 1. The summed E-state index contributed by atoms with van der Waals surface area (Å²) in [5, 5.41) is 2.68. The minimum atomic E-state index is -0.0894. The quantitative estimate of drug-likeness (QED) is 0.363. The van der Waals surface area contributed by atoms with Gasteiger partial charge < -0.3 is 14.4 Å². The maximum Gasteiger partial charge on any atom is 0.266 e. The highest BCUT2D eigenvalue weighted by Crippen LogP contribution is 2.29. The smallest absolute Gasteiger partial charge is 0.266 e. The van der Waals surface area contributed by atoms with Crippen LogP contribution in [0.25, 0.3) is 11.3 Å². The molecule has 1 aromatic heterocycles. The van der Waals surface area contributed by atoms with Crippen LogP contribution in [0.5, 0.6) is 11.5 Å². The van der Waals surface area contributed by atoms with E-state index in [0.717, 1.165) is 54.4 Å². The molecule has 0 radical (unpaired) electrons. The van der Waals surface area contributed by atoms with Crippen LogP contribution in [0, 0.1) is 6.92 Å². The Kier molecular flexibility index (Phi) is 9.27. The van der Waals surface area contributed by atoms with Crippen molar-refractivity contribution in [2.75, 3.05) is 44.8 Å². The molecule has 0 saturated carbocycles. The summed E-state index contributed by atoms with van der Waals surface area (Å²) in [5.74, 6) is 1.44. The Hall–Kier alpha value is -2.90. The lowest BCUT2D eigenvalue weighted by atomic mass is 10.2. The second-order valence-electron chi connectivity index (χ2n) is 7.72. The van der Waals surface area contributed by atoms with Crippen LogP contribution in [-0.2, 0) is 4.79 Å². The van der Waals surface area contributed by atoms with Crippen molar-refractivity contribution < 1.29 is 14.3 Å². The van der Waals surface area contributed by atoms with E-state index < -0.39 is 0 Å². The summed E-state index contributed by atoms with van der Waals surface area (Å²) < 4.78 is 11.1. The van der Waals surface area contributed by atoms with Crippen molar-refractivity contribution in [3.05, 3.63) is 59.5 Å². The molecule has 0 N–H and O–H groups in total. The Morgan fingerprint density at radius 2 is 1.76 bits per heavy atom. The summed E-state index contributed by atoms with van der Waals surface area (Å²) in [5.41, 5.74) is 2.85. The second kappa shape index (κ2) is 12.4. The average molecular weight is 468 g/mol. The highest BCUT2D eigenvalue weighted by atomic mass is 32.1. The van der Waals surface area contributed by atoms with Crippen molar-refractivity contribution in [1.29, 1.82) is 0 Å². The molecule has 6 nitrogen and oxygen atoms in total. The van der Waals surface area contributed by atoms with Crippen molar-refractivity contribution >= 4 is 22.4 Å². The number of aryl methyl sites for hydroxylation is 1. The van der Waals surface area contributed by atoms with Crippen LogP contribution in [0.1, 0.15) is 25.8 Å². The molecule has 0 aliphatic rings. The van der Waals surface area contributed by atoms with Gasteiger partial charge in [0.05, 0.1) is 12.8 Å². The van der Waals surface area contributed by atoms with E-state index in [0.29, 0.717) is 11.7 Å². The lowest BCUT2D eigenvalue weighted by molar-refractivity contribution is -0.120. The molecular weight excluding hydrogens is 434 g/mol. The maximum absolute atomic E-state index is 13.2. The van der Waals surface area contributed by atoms with E-state index in [9.17, 15) is 4.79 Å². The molecule has 0 bridgehead atoms. The van der Waals surface area contributed by atoms with Crippen LogP contribution in [0.3, 0.4) is 0 Å². The number of para-hydroxylation sites is 1. The third kappa shape index (κ3) is 6.79. The van der Waals surface area contributed by atoms with Crippen LogP contribution in [0.4, 0.5) is 5.13 Å². The van der Waals surface area contributed by atoms with E-state index in [2.05, 4.69) is 18.7 Å². The Bertz CT molecular complexity index is 1020. The minimum absolute atomic E-state index is 0.0203. The van der Waals surface area contributed by atoms with Crippen molar-refractivity contribution in [2.45, 2.75) is 27.2 Å². The number of thiazole rings is 1. The number of benzene rings is 2. The molecule has 3 aromatic rings. The SMILES string of the molecule is CCN(CC)CCCN(C(=O)COc1ccccc1C)c1nc(-c2ccc(OC)cc2)cs1. The first-order chi connectivity index (χ1) is 16.0. The molecule has 0 aliphatic carbocycles. The maximum atomic E-state index is 13.2. The monoisotopic (exact) mass is 467 g/mol. The van der Waals surface area contributed by atoms with E-state index in [1.807, 2.05) is 60.8 Å². The van der Waals surface area contributed by atoms with Gasteiger partial charge in [-0.2, -0.15) is 0 Å². The van der Waals surface area contributed by atoms with Gasteiger partial charge in [0.15, 0.2) is 11.7 Å². The Labute approximate surface area is 200 Å². The zero-order chi connectivity index (χ0) is 23.6. The predicted octanol–water partition coefficient (Wildman–Crippen LogP) is 5.27. The fourth-order valence-corrected chi connectivity index (χ4v) is 4.41. The minimum Gasteiger partial charge on any atom is -0.497 e. The molecule has 33 heavy (non-hydrogen) atoms. The molecule has 0 fully saturated rings. The van der Waals surface area contributed by atoms with Crippen molar-refractivity contribution in [3.8, 4) is 22.8 Å². The Morgan fingerprint density at radius 1 is 1.03 bits per heavy atom. The van der Waals surface area contributed by atoms with Gasteiger partial charge in [0.25, 0.3) is 5.91 Å². The molecule has 3 rings (SSSR count). The molecular formula is C26H33N3O3S. The van der Waals surface area contributed by atoms with E-state index >= 15 is 0 Å². The summed E-state index contributed by atoms with van der Waals surface area (Å²) in [6.07, 6.45) is 0.870. The third-order valence-corrected chi connectivity index (χ3v) is 6.47. The average Bonchev–Trinajstić information content (AvgIpc) is 3.33. The van der Waals surface area contributed by atoms with Crippen molar-refractivity contribution in [1.82, 2.24) is 9.88 Å². The number of ether oxygens (including phenoxy) is 2. The normalized spacial score (nSPS) is 10.9. The number of carbonyl (C=O) groups is 1. The molecule has 1 heterocycles. The number of hydrogen-bond donors (Lipinski definition) is 0. The van der Waals surface area contributed by atoms with Gasteiger partial charge in [-0.25, -0.2) is 4.98 Å². The van der Waals surface area contributed by atoms with Crippen LogP contribution in [0.2, 0.25) is 0 Å². The van der Waals surface area contributed by atoms with Gasteiger partial charge in [0.2, 0.25) is 0 Å². The summed E-state index contributed by atoms with van der Waals surface area (Å²) in [7, 11) is 1.65. The second-order valence-corrected chi connectivity index (χ2v) is 8.56. The van der Waals surface area contributed by atoms with Gasteiger partial charge in [-0.05, 0) is 68.9 Å². The fourth-order valence-electron chi connectivity index (χ4n) is 3.54. The van der Waals surface area contributed by atoms with Gasteiger partial charge in [-0.1, -0.05) is 32.0 Å². The first-order valence-electron chi connectivity index (χ1n) is 11.4. The largest absolute Gasteiger partial charge is 0.497 e. The van der Waals surface area contributed by atoms with Crippen LogP contribution >= 0.6 is 11.3 Å². The Morgan fingerprint density at radius 3 is 2.42 bits per heavy atom. The zero-order valence-electron chi connectivity index (χ0n) is 19.9. The zero-order valence-corrected chi connectivity index (χ0v) is 20.7. The van der Waals surface area contributed by atoms with Crippen LogP contribution in [-0.4, -0.2) is 55.7 Å². The fraction of sp³-hybridized carbons (Fsp3) is 0.385. The third-order valence-electron chi connectivity index (χ3n) is 5.61. The van der Waals surface area contributed by atoms with Gasteiger partial charge in [0.1, 0.15) is 11.5 Å². The van der Waals surface area contributed by atoms with Gasteiger partial charge >= 0.3 is 0 Å². The molecule has 0 aliphatic heterocycles. The number of carbonyl (C=O) groups excluding carboxylic acids is 1. The van der Waals surface area contributed by atoms with E-state index in [1.54, 1.807) is 12.0 Å². The lowest BCUT2D eigenvalue weighted by Gasteiger charge is -2.23. The highest BCUT2D eigenvalue weighted by molar-refractivity contribution is 7.14. The summed E-state index contributed by atoms with van der Waals surface area (Å²) in [6.45, 7) is 9.81. The first-order valence-corrected chi connectivity index (χ1v) is 12.2. The molecule has 176 valence electrons. The number of hydrogen-bond acceptors (Lipinski definition) is 6. The van der Waals surface area contributed by atoms with E-state index in [1.165, 1.54) is 11.3 Å². The van der Waals surface area contributed by atoms with Crippen molar-refractivity contribution in [2.24, 2.45) is 0 Å². The van der Waals surface area contributed by atoms with Crippen LogP contribution in [0.15, 0.2) is 53.9 Å². The van der Waals surface area contributed by atoms with Gasteiger partial charge in [-0.15, -0.1) is 11.3 Å². The molecule has 0 unspecified atom stereocenters. The number of nitrogens with zero attached hydrogens (tertiary/aromatic N) is 3. The predicted molar refractivity (Wildman–Crippen MR) is 136 cm³/mol. The molecule has 7 heteroatoms. The standard InChI is InChI=1S/C26H33N3O3S/c1-5-28(6-2)16-9-17-29(25(30)18-32-24-11-8-7-10-20(24)3)26-27-23(19-33-26)21-12-14-22(31-4)15-13-21/h7-8,10-15,19H,5-6,9,16-18H2,1-4H3. The molecule has 0 saturated heterocycles. The van der Waals surface area contributed by atoms with E-state index in [4.69, 9.17) is 14.5 Å². The first kappa shape index (κ1) is 24.7. The Balaban J connectivity index is 1.75. The summed E-state index contributed by atoms with van der Waals surface area (Å²) in [4.78, 5) is 22.1. The number of aromatic nitrogens is 1.